The van der Waals surface area contributed by atoms with Crippen LogP contribution in [0, 0.1) is 0 Å². The number of fused-ring (bicyclic) bond motifs is 3. The number of oxazole rings is 1. The number of ether oxygens (including phenoxy) is 2. The van der Waals surface area contributed by atoms with Crippen molar-refractivity contribution < 1.29 is 13.9 Å². The van der Waals surface area contributed by atoms with E-state index in [9.17, 15) is 0 Å². The van der Waals surface area contributed by atoms with E-state index in [-0.39, 0.29) is 5.41 Å². The van der Waals surface area contributed by atoms with Gasteiger partial charge in [0.25, 0.3) is 0 Å². The van der Waals surface area contributed by atoms with E-state index in [1.54, 1.807) is 14.2 Å². The Hall–Kier alpha value is -6.39. The van der Waals surface area contributed by atoms with E-state index in [0.29, 0.717) is 5.89 Å². The van der Waals surface area contributed by atoms with E-state index in [1.165, 1.54) is 49.0 Å². The molecule has 0 aliphatic heterocycles. The van der Waals surface area contributed by atoms with Gasteiger partial charge >= 0.3 is 0 Å². The van der Waals surface area contributed by atoms with E-state index in [4.69, 9.17) is 18.9 Å². The van der Waals surface area contributed by atoms with E-state index < -0.39 is 0 Å². The molecule has 4 nitrogen and oxygen atoms in total. The highest BCUT2D eigenvalue weighted by atomic mass is 16.5. The van der Waals surface area contributed by atoms with E-state index in [0.717, 1.165) is 60.8 Å². The van der Waals surface area contributed by atoms with Crippen molar-refractivity contribution in [3.05, 3.63) is 139 Å². The summed E-state index contributed by atoms with van der Waals surface area (Å²) < 4.78 is 17.6. The molecule has 0 aliphatic rings. The Morgan fingerprint density at radius 3 is 1.68 bits per heavy atom. The Morgan fingerprint density at radius 1 is 0.472 bits per heavy atom. The first-order valence-corrected chi connectivity index (χ1v) is 18.1. The lowest BCUT2D eigenvalue weighted by Gasteiger charge is -2.19. The molecule has 256 valence electrons. The minimum absolute atomic E-state index is 0.00316. The van der Waals surface area contributed by atoms with Gasteiger partial charge in [0.2, 0.25) is 5.89 Å². The van der Waals surface area contributed by atoms with Crippen LogP contribution in [-0.4, -0.2) is 19.2 Å². The highest BCUT2D eigenvalue weighted by molar-refractivity contribution is 6.30. The third-order valence-corrected chi connectivity index (χ3v) is 11.0. The lowest BCUT2D eigenvalue weighted by molar-refractivity contribution is 0.415. The zero-order chi connectivity index (χ0) is 36.0. The molecule has 53 heavy (non-hydrogen) atoms. The number of hydrogen-bond acceptors (Lipinski definition) is 4. The summed E-state index contributed by atoms with van der Waals surface area (Å²) in [5.74, 6) is 2.34. The van der Waals surface area contributed by atoms with Crippen molar-refractivity contribution in [2.24, 2.45) is 0 Å². The van der Waals surface area contributed by atoms with Gasteiger partial charge in [0.05, 0.1) is 14.2 Å². The zero-order valence-electron chi connectivity index (χ0n) is 30.4. The molecule has 10 aromatic rings. The van der Waals surface area contributed by atoms with Crippen LogP contribution in [0.25, 0.3) is 98.7 Å². The summed E-state index contributed by atoms with van der Waals surface area (Å²) in [7, 11) is 3.42. The fourth-order valence-corrected chi connectivity index (χ4v) is 8.11. The average molecular weight is 688 g/mol. The predicted octanol–water partition coefficient (Wildman–Crippen LogP) is 13.3. The van der Waals surface area contributed by atoms with Gasteiger partial charge in [-0.2, -0.15) is 0 Å². The highest BCUT2D eigenvalue weighted by Crippen LogP contribution is 2.47. The molecular formula is C49H37NO3. The number of methoxy groups -OCH3 is 2. The van der Waals surface area contributed by atoms with Gasteiger partial charge in [-0.25, -0.2) is 4.98 Å². The summed E-state index contributed by atoms with van der Waals surface area (Å²) in [5.41, 5.74) is 8.53. The predicted molar refractivity (Wildman–Crippen MR) is 221 cm³/mol. The van der Waals surface area contributed by atoms with Crippen molar-refractivity contribution in [2.45, 2.75) is 26.2 Å². The monoisotopic (exact) mass is 687 g/mol. The average Bonchev–Trinajstić information content (AvgIpc) is 3.62. The van der Waals surface area contributed by atoms with Gasteiger partial charge in [-0.15, -0.1) is 0 Å². The maximum Gasteiger partial charge on any atom is 0.227 e. The summed E-state index contributed by atoms with van der Waals surface area (Å²) >= 11 is 0. The van der Waals surface area contributed by atoms with E-state index >= 15 is 0 Å². The normalized spacial score (nSPS) is 12.2. The molecule has 4 heteroatoms. The Balaban J connectivity index is 1.25. The first-order valence-electron chi connectivity index (χ1n) is 18.1. The van der Waals surface area contributed by atoms with Gasteiger partial charge in [0.1, 0.15) is 17.0 Å². The van der Waals surface area contributed by atoms with Crippen molar-refractivity contribution in [1.82, 2.24) is 4.98 Å². The van der Waals surface area contributed by atoms with Crippen LogP contribution < -0.4 is 9.47 Å². The highest BCUT2D eigenvalue weighted by Gasteiger charge is 2.22. The van der Waals surface area contributed by atoms with Crippen molar-refractivity contribution in [1.29, 1.82) is 0 Å². The minimum Gasteiger partial charge on any atom is -0.497 e. The van der Waals surface area contributed by atoms with Crippen LogP contribution >= 0.6 is 0 Å². The van der Waals surface area contributed by atoms with Gasteiger partial charge in [0.15, 0.2) is 5.58 Å². The Bertz CT molecular complexity index is 3070. The van der Waals surface area contributed by atoms with Crippen LogP contribution in [0.15, 0.2) is 138 Å². The van der Waals surface area contributed by atoms with Crippen LogP contribution in [0.2, 0.25) is 0 Å². The first kappa shape index (κ1) is 31.4. The van der Waals surface area contributed by atoms with Crippen molar-refractivity contribution in [3.63, 3.8) is 0 Å². The maximum atomic E-state index is 6.62. The summed E-state index contributed by atoms with van der Waals surface area (Å²) in [6.45, 7) is 6.68. The molecule has 1 aromatic heterocycles. The molecular weight excluding hydrogens is 651 g/mol. The zero-order valence-corrected chi connectivity index (χ0v) is 30.4. The first-order chi connectivity index (χ1) is 25.7. The molecule has 1 heterocycles. The quantitative estimate of drug-likeness (QED) is 0.169. The third kappa shape index (κ3) is 5.01. The maximum absolute atomic E-state index is 6.62. The molecule has 0 bridgehead atoms. The van der Waals surface area contributed by atoms with Crippen LogP contribution in [0.4, 0.5) is 0 Å². The largest absolute Gasteiger partial charge is 0.497 e. The summed E-state index contributed by atoms with van der Waals surface area (Å²) in [6, 6.07) is 48.2. The number of aromatic nitrogens is 1. The lowest BCUT2D eigenvalue weighted by atomic mass is 9.85. The van der Waals surface area contributed by atoms with Crippen molar-refractivity contribution in [2.75, 3.05) is 14.2 Å². The molecule has 0 spiro atoms. The Labute approximate surface area is 307 Å². The summed E-state index contributed by atoms with van der Waals surface area (Å²) in [4.78, 5) is 5.16. The second-order valence-electron chi connectivity index (χ2n) is 15.1. The molecule has 0 atom stereocenters. The number of hydrogen-bond donors (Lipinski definition) is 0. The second-order valence-corrected chi connectivity index (χ2v) is 15.1. The third-order valence-electron chi connectivity index (χ3n) is 11.0. The number of benzene rings is 9. The summed E-state index contributed by atoms with van der Waals surface area (Å²) in [6.07, 6.45) is 0. The number of rotatable bonds is 5. The molecule has 0 saturated heterocycles. The van der Waals surface area contributed by atoms with Gasteiger partial charge in [-0.1, -0.05) is 99.6 Å². The van der Waals surface area contributed by atoms with Crippen molar-refractivity contribution in [3.8, 4) is 45.2 Å². The minimum atomic E-state index is 0.00316. The Morgan fingerprint density at radius 2 is 1.02 bits per heavy atom. The van der Waals surface area contributed by atoms with E-state index in [1.807, 2.05) is 12.1 Å². The molecule has 0 unspecified atom stereocenters. The van der Waals surface area contributed by atoms with Crippen LogP contribution in [0.5, 0.6) is 11.5 Å². The van der Waals surface area contributed by atoms with Crippen LogP contribution in [-0.2, 0) is 5.41 Å². The topological polar surface area (TPSA) is 44.5 Å². The fourth-order valence-electron chi connectivity index (χ4n) is 8.11. The fraction of sp³-hybridized carbons (Fsp3) is 0.122. The SMILES string of the molecule is COc1ccc2cc(-c3ccc4ccc5c(-c6ccc7cc(OC)ccc7c6)cc(-c6nc7cc(C(C)(C)C)ccc7o6)c6ccc3c4c56)ccc2c1. The molecule has 10 rings (SSSR count). The molecule has 0 amide bonds. The van der Waals surface area contributed by atoms with Crippen molar-refractivity contribution >= 4 is 65.0 Å². The lowest BCUT2D eigenvalue weighted by Crippen LogP contribution is -2.10. The Kier molecular flexibility index (Phi) is 6.84. The van der Waals surface area contributed by atoms with Gasteiger partial charge in [-0.05, 0) is 142 Å². The standard InChI is InChI=1S/C49H37NO3/c1-49(2,3)35-14-21-45-44(26-35)50-48(53-45)43-27-42(34-9-7-32-25-37(52-5)16-11-30(32)23-34)40-18-13-28-12-17-38(39-19-20-41(43)47(40)46(28)39)33-8-6-31-24-36(51-4)15-10-29(31)22-33/h6-27H,1-5H3. The summed E-state index contributed by atoms with van der Waals surface area (Å²) in [5, 5.41) is 11.8. The van der Waals surface area contributed by atoms with Gasteiger partial charge in [-0.3, -0.25) is 0 Å². The smallest absolute Gasteiger partial charge is 0.227 e. The van der Waals surface area contributed by atoms with Crippen LogP contribution in [0.1, 0.15) is 26.3 Å². The molecule has 0 radical (unpaired) electrons. The molecule has 0 aliphatic carbocycles. The molecule has 0 saturated carbocycles. The van der Waals surface area contributed by atoms with Gasteiger partial charge < -0.3 is 13.9 Å². The van der Waals surface area contributed by atoms with Gasteiger partial charge in [0, 0.05) is 5.56 Å². The molecule has 0 N–H and O–H groups in total. The second kappa shape index (κ2) is 11.6. The molecule has 0 fully saturated rings. The molecule has 9 aromatic carbocycles. The number of nitrogens with zero attached hydrogens (tertiary/aromatic N) is 1. The van der Waals surface area contributed by atoms with Crippen LogP contribution in [0.3, 0.4) is 0 Å². The van der Waals surface area contributed by atoms with E-state index in [2.05, 4.69) is 142 Å².